The van der Waals surface area contributed by atoms with Gasteiger partial charge in [0.2, 0.25) is 0 Å². The van der Waals surface area contributed by atoms with Crippen LogP contribution in [0.25, 0.3) is 11.1 Å². The molecule has 0 bridgehead atoms. The van der Waals surface area contributed by atoms with Crippen LogP contribution < -0.4 is 11.1 Å². The Bertz CT molecular complexity index is 2050. The van der Waals surface area contributed by atoms with Crippen LogP contribution in [0.5, 0.6) is 0 Å². The monoisotopic (exact) mass is 846 g/mol. The van der Waals surface area contributed by atoms with E-state index in [-0.39, 0.29) is 31.8 Å². The molecule has 0 unspecified atom stereocenters. The Morgan fingerprint density at radius 3 is 2.13 bits per heavy atom. The molecule has 61 heavy (non-hydrogen) atoms. The molecule has 0 aliphatic carbocycles. The lowest BCUT2D eigenvalue weighted by Gasteiger charge is -2.38. The Labute approximate surface area is 359 Å². The molecular weight excluding hydrogens is 781 g/mol. The van der Waals surface area contributed by atoms with Gasteiger partial charge in [0.15, 0.2) is 11.7 Å². The van der Waals surface area contributed by atoms with Crippen molar-refractivity contribution in [2.45, 2.75) is 111 Å². The van der Waals surface area contributed by atoms with Gasteiger partial charge < -0.3 is 38.8 Å². The maximum Gasteiger partial charge on any atom is 0.419 e. The molecule has 334 valence electrons. The van der Waals surface area contributed by atoms with Gasteiger partial charge >= 0.3 is 29.8 Å². The van der Waals surface area contributed by atoms with Crippen molar-refractivity contribution in [1.29, 1.82) is 0 Å². The molecule has 4 aliphatic rings. The number of urea groups is 1. The molecule has 4 aliphatic heterocycles. The van der Waals surface area contributed by atoms with E-state index in [1.54, 1.807) is 27.8 Å². The van der Waals surface area contributed by atoms with Crippen molar-refractivity contribution in [3.05, 3.63) is 63.6 Å². The SMILES string of the molecule is C.CCCCOC(=O)C(=O)N1CCC(C)CC1.Cc1cc(C[C@@H](OC(=O)N2CCC(N3CCc4ccccc4NC3=O)CC2)C(=O)N2CCC(C)CC2)cc2oc(=O)n(C)c12. The molecule has 0 spiro atoms. The molecule has 3 aromatic rings. The number of nitrogens with zero attached hydrogens (tertiary/aromatic N) is 5. The van der Waals surface area contributed by atoms with Gasteiger partial charge in [-0.3, -0.25) is 14.2 Å². The fraction of sp³-hybridized carbons (Fsp3) is 0.609. The van der Waals surface area contributed by atoms with Gasteiger partial charge in [-0.05, 0) is 98.9 Å². The zero-order chi connectivity index (χ0) is 42.9. The molecule has 15 heteroatoms. The summed E-state index contributed by atoms with van der Waals surface area (Å²) in [6.45, 7) is 12.7. The highest BCUT2D eigenvalue weighted by atomic mass is 16.6. The van der Waals surface area contributed by atoms with Crippen molar-refractivity contribution in [2.24, 2.45) is 18.9 Å². The average molecular weight is 847 g/mol. The first kappa shape index (κ1) is 46.7. The molecule has 5 heterocycles. The van der Waals surface area contributed by atoms with Gasteiger partial charge in [0.1, 0.15) is 0 Å². The number of ether oxygens (including phenoxy) is 2. The van der Waals surface area contributed by atoms with Gasteiger partial charge in [0, 0.05) is 71.0 Å². The number of aryl methyl sites for hydroxylation is 2. The van der Waals surface area contributed by atoms with Crippen molar-refractivity contribution in [1.82, 2.24) is 24.2 Å². The second-order valence-electron chi connectivity index (χ2n) is 17.0. The maximum atomic E-state index is 13.8. The third-order valence-corrected chi connectivity index (χ3v) is 12.4. The number of hydrogen-bond acceptors (Lipinski definition) is 9. The molecule has 0 saturated carbocycles. The van der Waals surface area contributed by atoms with Crippen molar-refractivity contribution >= 4 is 46.7 Å². The van der Waals surface area contributed by atoms with Crippen LogP contribution in [0.4, 0.5) is 15.3 Å². The van der Waals surface area contributed by atoms with E-state index in [1.807, 2.05) is 49.1 Å². The van der Waals surface area contributed by atoms with E-state index >= 15 is 0 Å². The minimum atomic E-state index is -1.00. The molecule has 1 atom stereocenters. The van der Waals surface area contributed by atoms with Crippen LogP contribution in [0.2, 0.25) is 0 Å². The first-order chi connectivity index (χ1) is 28.8. The highest BCUT2D eigenvalue weighted by Gasteiger charge is 2.35. The Morgan fingerprint density at radius 1 is 0.852 bits per heavy atom. The third kappa shape index (κ3) is 11.7. The number of likely N-dealkylation sites (tertiary alicyclic amines) is 3. The number of fused-ring (bicyclic) bond motifs is 2. The van der Waals surface area contributed by atoms with Crippen molar-refractivity contribution in [3.8, 4) is 0 Å². The number of nitrogens with one attached hydrogen (secondary N) is 1. The first-order valence-corrected chi connectivity index (χ1v) is 21.8. The van der Waals surface area contributed by atoms with Gasteiger partial charge in [0.25, 0.3) is 5.91 Å². The Kier molecular flexibility index (Phi) is 16.4. The molecule has 15 nitrogen and oxygen atoms in total. The highest BCUT2D eigenvalue weighted by molar-refractivity contribution is 6.32. The molecule has 2 aromatic carbocycles. The number of carbonyl (C=O) groups is 5. The van der Waals surface area contributed by atoms with Gasteiger partial charge in [-0.1, -0.05) is 58.9 Å². The zero-order valence-electron chi connectivity index (χ0n) is 35.9. The summed E-state index contributed by atoms with van der Waals surface area (Å²) in [7, 11) is 1.66. The Morgan fingerprint density at radius 2 is 1.48 bits per heavy atom. The summed E-state index contributed by atoms with van der Waals surface area (Å²) < 4.78 is 17.8. The number of rotatable bonds is 8. The first-order valence-electron chi connectivity index (χ1n) is 21.8. The van der Waals surface area contributed by atoms with Crippen LogP contribution in [0.15, 0.2) is 45.6 Å². The van der Waals surface area contributed by atoms with E-state index in [4.69, 9.17) is 13.9 Å². The zero-order valence-corrected chi connectivity index (χ0v) is 35.9. The number of para-hydroxylation sites is 1. The average Bonchev–Trinajstić information content (AvgIpc) is 3.42. The lowest BCUT2D eigenvalue weighted by atomic mass is 9.98. The van der Waals surface area contributed by atoms with Crippen molar-refractivity contribution in [2.75, 3.05) is 57.7 Å². The standard InChI is InChI=1S/C33H41N5O6.C12H21NO3.CH4/c1-21-8-13-36(14-9-21)30(39)28(20-23-18-22(2)29-27(19-23)43-32(41)35(29)3)44-33(42)37-15-11-25(12-16-37)38-17-10-24-6-4-5-7-26(24)34-31(38)40;1-3-4-9-16-12(15)11(14)13-7-5-10(2)6-8-13;/h4-7,18-19,21,25,28H,8-17,20H2,1-3H3,(H,34,40);10H,3-9H2,1-2H3;1H4/t28-;;/m1../s1. The summed E-state index contributed by atoms with van der Waals surface area (Å²) >= 11 is 0. The number of unbranched alkanes of at least 4 members (excludes halogenated alkanes) is 1. The predicted molar refractivity (Wildman–Crippen MR) is 233 cm³/mol. The van der Waals surface area contributed by atoms with Crippen LogP contribution in [-0.4, -0.2) is 119 Å². The highest BCUT2D eigenvalue weighted by Crippen LogP contribution is 2.27. The molecule has 0 radical (unpaired) electrons. The molecule has 3 fully saturated rings. The maximum absolute atomic E-state index is 13.8. The minimum Gasteiger partial charge on any atom is -0.459 e. The number of carbonyl (C=O) groups excluding carboxylic acids is 5. The number of oxazole rings is 1. The molecule has 3 saturated heterocycles. The minimum absolute atomic E-state index is 0. The quantitative estimate of drug-likeness (QED) is 0.151. The summed E-state index contributed by atoms with van der Waals surface area (Å²) in [5.74, 6) is -0.612. The molecular formula is C46H66N6O9. The second kappa shape index (κ2) is 21.4. The normalized spacial score (nSPS) is 18.2. The number of amides is 5. The van der Waals surface area contributed by atoms with Crippen LogP contribution in [0, 0.1) is 18.8 Å². The Hall–Kier alpha value is -5.34. The van der Waals surface area contributed by atoms with E-state index in [0.29, 0.717) is 88.2 Å². The fourth-order valence-electron chi connectivity index (χ4n) is 8.53. The topological polar surface area (TPSA) is 164 Å². The molecule has 1 aromatic heterocycles. The summed E-state index contributed by atoms with van der Waals surface area (Å²) in [4.78, 5) is 82.4. The molecule has 5 amide bonds. The number of aromatic nitrogens is 1. The summed E-state index contributed by atoms with van der Waals surface area (Å²) in [6, 6.07) is 11.4. The van der Waals surface area contributed by atoms with Crippen molar-refractivity contribution < 1.29 is 37.9 Å². The summed E-state index contributed by atoms with van der Waals surface area (Å²) in [6.07, 6.45) is 6.24. The van der Waals surface area contributed by atoms with Crippen molar-refractivity contribution in [3.63, 3.8) is 0 Å². The number of anilines is 1. The smallest absolute Gasteiger partial charge is 0.419 e. The Balaban J connectivity index is 0.000000351. The van der Waals surface area contributed by atoms with E-state index in [1.165, 1.54) is 4.57 Å². The van der Waals surface area contributed by atoms with Gasteiger partial charge in [-0.2, -0.15) is 0 Å². The van der Waals surface area contributed by atoms with E-state index in [0.717, 1.165) is 67.3 Å². The lowest BCUT2D eigenvalue weighted by molar-refractivity contribution is -0.160. The predicted octanol–water partition coefficient (Wildman–Crippen LogP) is 6.53. The summed E-state index contributed by atoms with van der Waals surface area (Å²) in [5, 5.41) is 3.03. The number of hydrogen-bond donors (Lipinski definition) is 1. The van der Waals surface area contributed by atoms with Crippen LogP contribution in [0.3, 0.4) is 0 Å². The van der Waals surface area contributed by atoms with E-state index in [2.05, 4.69) is 19.2 Å². The number of esters is 1. The fourth-order valence-corrected chi connectivity index (χ4v) is 8.53. The second-order valence-corrected chi connectivity index (χ2v) is 17.0. The summed E-state index contributed by atoms with van der Waals surface area (Å²) in [5.41, 5.74) is 4.72. The van der Waals surface area contributed by atoms with Gasteiger partial charge in [-0.15, -0.1) is 0 Å². The number of benzene rings is 2. The van der Waals surface area contributed by atoms with Crippen LogP contribution in [0.1, 0.15) is 96.3 Å². The molecule has 7 rings (SSSR count). The third-order valence-electron chi connectivity index (χ3n) is 12.4. The van der Waals surface area contributed by atoms with Crippen LogP contribution >= 0.6 is 0 Å². The largest absolute Gasteiger partial charge is 0.459 e. The van der Waals surface area contributed by atoms with E-state index < -0.39 is 29.8 Å². The van der Waals surface area contributed by atoms with Gasteiger partial charge in [0.05, 0.1) is 12.1 Å². The van der Waals surface area contributed by atoms with Crippen LogP contribution in [-0.2, 0) is 43.7 Å². The lowest BCUT2D eigenvalue weighted by Crippen LogP contribution is -2.51. The molecule has 1 N–H and O–H groups in total. The van der Waals surface area contributed by atoms with Gasteiger partial charge in [-0.25, -0.2) is 19.2 Å². The van der Waals surface area contributed by atoms with E-state index in [9.17, 15) is 28.8 Å². The number of piperidine rings is 3.